The van der Waals surface area contributed by atoms with Crippen LogP contribution in [0.1, 0.15) is 72.7 Å². The third-order valence-electron chi connectivity index (χ3n) is 7.74. The van der Waals surface area contributed by atoms with Crippen LogP contribution in [0.2, 0.25) is 0 Å². The number of rotatable bonds is 5. The van der Waals surface area contributed by atoms with Crippen molar-refractivity contribution in [1.29, 1.82) is 0 Å². The molecule has 168 valence electrons. The van der Waals surface area contributed by atoms with Gasteiger partial charge in [-0.1, -0.05) is 19.9 Å². The topological polar surface area (TPSA) is 57.7 Å². The first kappa shape index (κ1) is 21.2. The fourth-order valence-electron chi connectivity index (χ4n) is 5.54. The number of carbonyl (C=O) groups is 1. The lowest BCUT2D eigenvalue weighted by atomic mass is 9.96. The van der Waals surface area contributed by atoms with E-state index in [0.29, 0.717) is 11.5 Å². The van der Waals surface area contributed by atoms with Crippen LogP contribution in [0.15, 0.2) is 23.8 Å². The summed E-state index contributed by atoms with van der Waals surface area (Å²) >= 11 is 0. The fraction of sp³-hybridized carbons (Fsp3) is 0.640. The highest BCUT2D eigenvalue weighted by Crippen LogP contribution is 2.49. The van der Waals surface area contributed by atoms with E-state index in [4.69, 9.17) is 0 Å². The maximum absolute atomic E-state index is 13.2. The van der Waals surface area contributed by atoms with Gasteiger partial charge in [0.25, 0.3) is 5.91 Å². The lowest BCUT2D eigenvalue weighted by Gasteiger charge is -2.31. The zero-order valence-corrected chi connectivity index (χ0v) is 19.6. The number of fused-ring (bicyclic) bond motifs is 2. The minimum Gasteiger partial charge on any atom is -0.339 e. The average Bonchev–Trinajstić information content (AvgIpc) is 3.52. The van der Waals surface area contributed by atoms with Gasteiger partial charge in [0.2, 0.25) is 0 Å². The molecule has 1 aromatic carbocycles. The van der Waals surface area contributed by atoms with E-state index in [2.05, 4.69) is 11.8 Å². The third kappa shape index (κ3) is 3.97. The van der Waals surface area contributed by atoms with Crippen molar-refractivity contribution in [3.8, 4) is 0 Å². The van der Waals surface area contributed by atoms with E-state index >= 15 is 0 Å². The van der Waals surface area contributed by atoms with Crippen molar-refractivity contribution in [1.82, 2.24) is 9.80 Å². The van der Waals surface area contributed by atoms with Crippen molar-refractivity contribution in [2.75, 3.05) is 38.5 Å². The molecule has 0 N–H and O–H groups in total. The standard InChI is InChI=1S/C25H34N2O3S/c1-3-31(29,30)24-20-7-6-19(25(28)27-12-8-17(2)9-13-27)14-22(20)23-16-26(11-10-21(23)24)15-18-4-5-18/h6-7,14,17-18,24H,3-5,8-13,15-16H2,1-2H3. The lowest BCUT2D eigenvalue weighted by molar-refractivity contribution is 0.0697. The number of amides is 1. The number of carbonyl (C=O) groups excluding carboxylic acids is 1. The van der Waals surface area contributed by atoms with Crippen LogP contribution in [-0.2, 0) is 9.84 Å². The van der Waals surface area contributed by atoms with Gasteiger partial charge >= 0.3 is 0 Å². The molecule has 1 saturated carbocycles. The highest BCUT2D eigenvalue weighted by atomic mass is 32.2. The van der Waals surface area contributed by atoms with E-state index in [1.54, 1.807) is 6.92 Å². The summed E-state index contributed by atoms with van der Waals surface area (Å²) in [5.74, 6) is 1.72. The molecule has 4 aliphatic rings. The molecule has 0 spiro atoms. The summed E-state index contributed by atoms with van der Waals surface area (Å²) in [6.45, 7) is 8.48. The molecule has 1 aromatic rings. The van der Waals surface area contributed by atoms with Gasteiger partial charge in [0.1, 0.15) is 5.25 Å². The molecule has 5 nitrogen and oxygen atoms in total. The van der Waals surface area contributed by atoms with Crippen molar-refractivity contribution in [2.24, 2.45) is 11.8 Å². The van der Waals surface area contributed by atoms with Crippen molar-refractivity contribution < 1.29 is 13.2 Å². The Labute approximate surface area is 186 Å². The zero-order valence-electron chi connectivity index (χ0n) is 18.8. The van der Waals surface area contributed by atoms with E-state index in [1.165, 1.54) is 18.4 Å². The second-order valence-corrected chi connectivity index (χ2v) is 12.4. The van der Waals surface area contributed by atoms with Gasteiger partial charge in [-0.05, 0) is 78.3 Å². The molecule has 1 atom stereocenters. The molecule has 0 radical (unpaired) electrons. The summed E-state index contributed by atoms with van der Waals surface area (Å²) < 4.78 is 26.1. The van der Waals surface area contributed by atoms with E-state index < -0.39 is 15.1 Å². The van der Waals surface area contributed by atoms with Gasteiger partial charge in [-0.3, -0.25) is 9.69 Å². The summed E-state index contributed by atoms with van der Waals surface area (Å²) in [7, 11) is -3.24. The molecular formula is C25H34N2O3S. The third-order valence-corrected chi connectivity index (χ3v) is 9.80. The number of benzene rings is 1. The minimum absolute atomic E-state index is 0.0873. The van der Waals surface area contributed by atoms with Crippen LogP contribution in [0.25, 0.3) is 5.57 Å². The Hall–Kier alpha value is -1.66. The Bertz CT molecular complexity index is 1020. The van der Waals surface area contributed by atoms with Gasteiger partial charge < -0.3 is 4.90 Å². The summed E-state index contributed by atoms with van der Waals surface area (Å²) in [5, 5.41) is -0.523. The molecule has 1 amide bonds. The first-order chi connectivity index (χ1) is 14.9. The molecule has 2 aliphatic heterocycles. The number of likely N-dealkylation sites (tertiary alicyclic amines) is 1. The molecule has 1 unspecified atom stereocenters. The quantitative estimate of drug-likeness (QED) is 0.694. The minimum atomic E-state index is -3.24. The van der Waals surface area contributed by atoms with Crippen LogP contribution in [0.4, 0.5) is 0 Å². The second kappa shape index (κ2) is 8.04. The van der Waals surface area contributed by atoms with Crippen molar-refractivity contribution in [2.45, 2.75) is 51.2 Å². The fourth-order valence-corrected chi connectivity index (χ4v) is 7.16. The van der Waals surface area contributed by atoms with Gasteiger partial charge in [-0.15, -0.1) is 0 Å². The van der Waals surface area contributed by atoms with Gasteiger partial charge in [0, 0.05) is 44.0 Å². The van der Waals surface area contributed by atoms with Crippen LogP contribution >= 0.6 is 0 Å². The van der Waals surface area contributed by atoms with Crippen molar-refractivity contribution >= 4 is 21.3 Å². The van der Waals surface area contributed by atoms with Crippen molar-refractivity contribution in [3.05, 3.63) is 40.5 Å². The highest BCUT2D eigenvalue weighted by Gasteiger charge is 2.41. The first-order valence-electron chi connectivity index (χ1n) is 12.0. The first-order valence-corrected chi connectivity index (χ1v) is 13.7. The summed E-state index contributed by atoms with van der Waals surface area (Å²) in [4.78, 5) is 17.7. The Balaban J connectivity index is 1.49. The lowest BCUT2D eigenvalue weighted by Crippen LogP contribution is -2.38. The number of sulfone groups is 1. The predicted octanol–water partition coefficient (Wildman–Crippen LogP) is 3.92. The Morgan fingerprint density at radius 3 is 2.52 bits per heavy atom. The average molecular weight is 443 g/mol. The SMILES string of the molecule is CCS(=O)(=O)C1C2=C(CN(CC3CC3)CC2)c2cc(C(=O)N3CCC(C)CC3)ccc21. The number of piperidine rings is 1. The molecule has 6 heteroatoms. The molecule has 5 rings (SSSR count). The zero-order chi connectivity index (χ0) is 21.8. The molecule has 1 saturated heterocycles. The van der Waals surface area contributed by atoms with E-state index in [1.807, 2.05) is 23.1 Å². The van der Waals surface area contributed by atoms with Crippen LogP contribution < -0.4 is 0 Å². The summed E-state index contributed by atoms with van der Waals surface area (Å²) in [6.07, 6.45) is 5.56. The summed E-state index contributed by atoms with van der Waals surface area (Å²) in [5.41, 5.74) is 4.86. The predicted molar refractivity (Wildman–Crippen MR) is 124 cm³/mol. The molecule has 2 heterocycles. The maximum Gasteiger partial charge on any atom is 0.253 e. The van der Waals surface area contributed by atoms with Crippen LogP contribution in [-0.4, -0.2) is 62.6 Å². The highest BCUT2D eigenvalue weighted by molar-refractivity contribution is 7.91. The van der Waals surface area contributed by atoms with Crippen LogP contribution in [0, 0.1) is 11.8 Å². The van der Waals surface area contributed by atoms with Crippen molar-refractivity contribution in [3.63, 3.8) is 0 Å². The normalized spacial score (nSPS) is 25.0. The van der Waals surface area contributed by atoms with Gasteiger partial charge in [-0.2, -0.15) is 0 Å². The molecule has 0 aromatic heterocycles. The smallest absolute Gasteiger partial charge is 0.253 e. The van der Waals surface area contributed by atoms with Gasteiger partial charge in [-0.25, -0.2) is 8.42 Å². The van der Waals surface area contributed by atoms with Crippen LogP contribution in [0.5, 0.6) is 0 Å². The molecule has 2 fully saturated rings. The second-order valence-electron chi connectivity index (χ2n) is 10.0. The molecule has 2 aliphatic carbocycles. The maximum atomic E-state index is 13.2. The Kier molecular flexibility index (Phi) is 5.50. The Morgan fingerprint density at radius 2 is 1.84 bits per heavy atom. The molecule has 0 bridgehead atoms. The largest absolute Gasteiger partial charge is 0.339 e. The number of hydrogen-bond acceptors (Lipinski definition) is 4. The number of hydrogen-bond donors (Lipinski definition) is 0. The van der Waals surface area contributed by atoms with E-state index in [-0.39, 0.29) is 11.7 Å². The van der Waals surface area contributed by atoms with Crippen LogP contribution in [0.3, 0.4) is 0 Å². The molecule has 31 heavy (non-hydrogen) atoms. The van der Waals surface area contributed by atoms with E-state index in [0.717, 1.165) is 74.6 Å². The Morgan fingerprint density at radius 1 is 1.10 bits per heavy atom. The number of nitrogens with zero attached hydrogens (tertiary/aromatic N) is 2. The van der Waals surface area contributed by atoms with E-state index in [9.17, 15) is 13.2 Å². The summed E-state index contributed by atoms with van der Waals surface area (Å²) in [6, 6.07) is 5.78. The molecular weight excluding hydrogens is 408 g/mol. The van der Waals surface area contributed by atoms with Gasteiger partial charge in [0.15, 0.2) is 9.84 Å². The monoisotopic (exact) mass is 442 g/mol. The van der Waals surface area contributed by atoms with Gasteiger partial charge in [0.05, 0.1) is 0 Å².